The van der Waals surface area contributed by atoms with E-state index in [2.05, 4.69) is 5.32 Å². The van der Waals surface area contributed by atoms with E-state index in [9.17, 15) is 9.59 Å². The van der Waals surface area contributed by atoms with Crippen LogP contribution in [0.15, 0.2) is 28.0 Å². The van der Waals surface area contributed by atoms with Gasteiger partial charge in [-0.2, -0.15) is 0 Å². The smallest absolute Gasteiger partial charge is 0.267 e. The number of nitrogens with zero attached hydrogens (tertiary/aromatic N) is 3. The Bertz CT molecular complexity index is 1180. The van der Waals surface area contributed by atoms with Crippen molar-refractivity contribution in [3.05, 3.63) is 44.7 Å². The molecule has 0 radical (unpaired) electrons. The molecule has 33 heavy (non-hydrogen) atoms. The molecule has 5 rings (SSSR count). The highest BCUT2D eigenvalue weighted by atomic mass is 32.2. The number of fused-ring (bicyclic) bond motifs is 1. The molecule has 0 saturated carbocycles. The van der Waals surface area contributed by atoms with Gasteiger partial charge >= 0.3 is 0 Å². The summed E-state index contributed by atoms with van der Waals surface area (Å²) < 4.78 is 13.4. The summed E-state index contributed by atoms with van der Waals surface area (Å²) in [6, 6.07) is 3.73. The fourth-order valence-corrected chi connectivity index (χ4v) is 5.63. The first-order chi connectivity index (χ1) is 16.0. The number of aromatic nitrogens is 2. The van der Waals surface area contributed by atoms with Crippen LogP contribution in [-0.4, -0.2) is 63.0 Å². The third kappa shape index (κ3) is 4.57. The molecule has 3 aliphatic rings. The fourth-order valence-electron chi connectivity index (χ4n) is 4.37. The number of hydrogen-bond acceptors (Lipinski definition) is 8. The predicted molar refractivity (Wildman–Crippen MR) is 133 cm³/mol. The summed E-state index contributed by atoms with van der Waals surface area (Å²) in [5, 5.41) is 3.30. The molecule has 2 unspecified atom stereocenters. The molecule has 3 saturated heterocycles. The van der Waals surface area contributed by atoms with Crippen LogP contribution < -0.4 is 10.9 Å². The molecule has 2 aromatic heterocycles. The normalized spacial score (nSPS) is 24.5. The Labute approximate surface area is 201 Å². The first-order valence-corrected chi connectivity index (χ1v) is 12.5. The number of pyridine rings is 1. The zero-order valence-corrected chi connectivity index (χ0v) is 20.0. The van der Waals surface area contributed by atoms with Crippen LogP contribution in [0.2, 0.25) is 0 Å². The van der Waals surface area contributed by atoms with Gasteiger partial charge in [-0.1, -0.05) is 30.0 Å². The zero-order valence-electron chi connectivity index (χ0n) is 18.4. The summed E-state index contributed by atoms with van der Waals surface area (Å²) in [4.78, 5) is 33.3. The van der Waals surface area contributed by atoms with Crippen molar-refractivity contribution in [2.75, 3.05) is 31.6 Å². The average Bonchev–Trinajstić information content (AvgIpc) is 3.55. The molecule has 0 spiro atoms. The second kappa shape index (κ2) is 9.54. The van der Waals surface area contributed by atoms with Crippen molar-refractivity contribution in [3.8, 4) is 0 Å². The topological polar surface area (TPSA) is 85.2 Å². The zero-order chi connectivity index (χ0) is 22.9. The highest BCUT2D eigenvalue weighted by molar-refractivity contribution is 8.26. The number of hydrogen-bond donors (Lipinski definition) is 1. The Kier molecular flexibility index (Phi) is 6.51. The molecule has 174 valence electrons. The molecule has 10 heteroatoms. The van der Waals surface area contributed by atoms with Crippen molar-refractivity contribution < 1.29 is 14.3 Å². The Morgan fingerprint density at radius 2 is 2.00 bits per heavy atom. The maximum absolute atomic E-state index is 13.5. The number of amides is 1. The van der Waals surface area contributed by atoms with Crippen LogP contribution in [0.25, 0.3) is 11.7 Å². The average molecular weight is 487 g/mol. The van der Waals surface area contributed by atoms with E-state index in [1.165, 1.54) is 16.2 Å². The van der Waals surface area contributed by atoms with Gasteiger partial charge in [0.15, 0.2) is 0 Å². The molecule has 5 heterocycles. The van der Waals surface area contributed by atoms with Crippen LogP contribution in [0.4, 0.5) is 5.82 Å². The summed E-state index contributed by atoms with van der Waals surface area (Å²) in [6.45, 7) is 4.38. The van der Waals surface area contributed by atoms with Gasteiger partial charge in [-0.05, 0) is 50.3 Å². The van der Waals surface area contributed by atoms with Crippen molar-refractivity contribution in [1.82, 2.24) is 14.3 Å². The number of anilines is 1. The SMILES string of the molecule is Cc1cccn2c(=O)c(/C=C3\SC(=S)N(CC4CCCO4)C3=O)c(NCC3CCCO3)nc12. The Morgan fingerprint density at radius 3 is 2.73 bits per heavy atom. The van der Waals surface area contributed by atoms with Crippen molar-refractivity contribution in [1.29, 1.82) is 0 Å². The Hall–Kier alpha value is -2.27. The summed E-state index contributed by atoms with van der Waals surface area (Å²) in [7, 11) is 0. The molecule has 3 aliphatic heterocycles. The molecule has 2 atom stereocenters. The third-order valence-electron chi connectivity index (χ3n) is 6.16. The maximum Gasteiger partial charge on any atom is 0.267 e. The van der Waals surface area contributed by atoms with Crippen LogP contribution in [0.1, 0.15) is 36.8 Å². The second-order valence-corrected chi connectivity index (χ2v) is 10.2. The predicted octanol–water partition coefficient (Wildman–Crippen LogP) is 2.97. The number of thiocarbonyl (C=S) groups is 1. The minimum absolute atomic E-state index is 0.00595. The summed E-state index contributed by atoms with van der Waals surface area (Å²) in [6.07, 6.45) is 7.32. The lowest BCUT2D eigenvalue weighted by Gasteiger charge is -2.18. The van der Waals surface area contributed by atoms with Gasteiger partial charge in [-0.3, -0.25) is 18.9 Å². The third-order valence-corrected chi connectivity index (χ3v) is 7.54. The van der Waals surface area contributed by atoms with Gasteiger partial charge in [-0.25, -0.2) is 4.98 Å². The van der Waals surface area contributed by atoms with Gasteiger partial charge in [-0.15, -0.1) is 0 Å². The summed E-state index contributed by atoms with van der Waals surface area (Å²) in [5.41, 5.74) is 1.58. The minimum Gasteiger partial charge on any atom is -0.376 e. The van der Waals surface area contributed by atoms with E-state index in [4.69, 9.17) is 26.7 Å². The van der Waals surface area contributed by atoms with Crippen LogP contribution >= 0.6 is 24.0 Å². The van der Waals surface area contributed by atoms with E-state index in [1.807, 2.05) is 19.1 Å². The fraction of sp³-hybridized carbons (Fsp3) is 0.478. The van der Waals surface area contributed by atoms with Crippen molar-refractivity contribution >= 4 is 51.7 Å². The molecule has 8 nitrogen and oxygen atoms in total. The molecule has 0 aliphatic carbocycles. The first kappa shape index (κ1) is 22.5. The quantitative estimate of drug-likeness (QED) is 0.493. The molecule has 2 aromatic rings. The maximum atomic E-state index is 13.5. The van der Waals surface area contributed by atoms with Gasteiger partial charge in [0.1, 0.15) is 15.8 Å². The van der Waals surface area contributed by atoms with E-state index >= 15 is 0 Å². The van der Waals surface area contributed by atoms with Gasteiger partial charge in [0.2, 0.25) is 0 Å². The number of carbonyl (C=O) groups is 1. The number of thioether (sulfide) groups is 1. The van der Waals surface area contributed by atoms with E-state index in [0.29, 0.717) is 46.0 Å². The molecule has 3 fully saturated rings. The highest BCUT2D eigenvalue weighted by Gasteiger charge is 2.35. The summed E-state index contributed by atoms with van der Waals surface area (Å²) in [5.74, 6) is 0.258. The summed E-state index contributed by atoms with van der Waals surface area (Å²) >= 11 is 6.68. The van der Waals surface area contributed by atoms with Crippen LogP contribution in [0.5, 0.6) is 0 Å². The van der Waals surface area contributed by atoms with Gasteiger partial charge in [0.05, 0.1) is 29.2 Å². The van der Waals surface area contributed by atoms with Crippen molar-refractivity contribution in [2.45, 2.75) is 44.8 Å². The first-order valence-electron chi connectivity index (χ1n) is 11.3. The van der Waals surface area contributed by atoms with Gasteiger partial charge in [0.25, 0.3) is 11.5 Å². The van der Waals surface area contributed by atoms with Crippen LogP contribution in [-0.2, 0) is 14.3 Å². The van der Waals surface area contributed by atoms with Crippen molar-refractivity contribution in [2.24, 2.45) is 0 Å². The number of aryl methyl sites for hydroxylation is 1. The van der Waals surface area contributed by atoms with Crippen LogP contribution in [0, 0.1) is 6.92 Å². The lowest BCUT2D eigenvalue weighted by molar-refractivity contribution is -0.123. The second-order valence-electron chi connectivity index (χ2n) is 8.51. The van der Waals surface area contributed by atoms with Crippen LogP contribution in [0.3, 0.4) is 0 Å². The molecular formula is C23H26N4O4S2. The number of carbonyl (C=O) groups excluding carboxylic acids is 1. The van der Waals surface area contributed by atoms with Gasteiger partial charge < -0.3 is 14.8 Å². The standard InChI is InChI=1S/C23H26N4O4S2/c1-14-5-2-8-26-20(14)25-19(24-12-15-6-3-9-30-15)17(21(26)28)11-18-22(29)27(23(32)33-18)13-16-7-4-10-31-16/h2,5,8,11,15-16,24H,3-4,6-7,9-10,12-13H2,1H3/b18-11-. The highest BCUT2D eigenvalue weighted by Crippen LogP contribution is 2.34. The van der Waals surface area contributed by atoms with E-state index in [0.717, 1.165) is 37.9 Å². The lowest BCUT2D eigenvalue weighted by atomic mass is 10.2. The lowest BCUT2D eigenvalue weighted by Crippen LogP contribution is -2.35. The monoisotopic (exact) mass is 486 g/mol. The molecule has 1 N–H and O–H groups in total. The number of ether oxygens (including phenoxy) is 2. The van der Waals surface area contributed by atoms with E-state index in [1.54, 1.807) is 17.2 Å². The Morgan fingerprint density at radius 1 is 1.24 bits per heavy atom. The Balaban J connectivity index is 1.50. The van der Waals surface area contributed by atoms with Gasteiger partial charge in [0, 0.05) is 26.0 Å². The van der Waals surface area contributed by atoms with Crippen molar-refractivity contribution in [3.63, 3.8) is 0 Å². The number of nitrogens with one attached hydrogen (secondary N) is 1. The minimum atomic E-state index is -0.233. The molecule has 1 amide bonds. The number of rotatable bonds is 6. The van der Waals surface area contributed by atoms with E-state index in [-0.39, 0.29) is 23.7 Å². The molecular weight excluding hydrogens is 460 g/mol. The van der Waals surface area contributed by atoms with E-state index < -0.39 is 0 Å². The molecule has 0 aromatic carbocycles. The molecule has 0 bridgehead atoms. The largest absolute Gasteiger partial charge is 0.376 e.